The first kappa shape index (κ1) is 19.9. The minimum atomic E-state index is -1.34. The molecule has 0 aliphatic heterocycles. The van der Waals surface area contributed by atoms with Crippen LogP contribution in [0.4, 0.5) is 5.69 Å². The van der Waals surface area contributed by atoms with E-state index in [1.54, 1.807) is 7.11 Å². The van der Waals surface area contributed by atoms with Crippen molar-refractivity contribution < 1.29 is 24.4 Å². The summed E-state index contributed by atoms with van der Waals surface area (Å²) >= 11 is 0. The number of nitrogens with zero attached hydrogens (tertiary/aromatic N) is 1. The number of non-ortho nitro benzene ring substituents is 1. The highest BCUT2D eigenvalue weighted by Crippen LogP contribution is 2.26. The molecule has 0 spiro atoms. The molecule has 2 aromatic rings. The molecule has 0 fully saturated rings. The summed E-state index contributed by atoms with van der Waals surface area (Å²) in [5.41, 5.74) is -0.357. The maximum atomic E-state index is 12.4. The number of carboxylic acid groups (broad SMARTS) is 1. The zero-order valence-electron chi connectivity index (χ0n) is 15.2. The highest BCUT2D eigenvalue weighted by Gasteiger charge is 2.23. The van der Waals surface area contributed by atoms with Crippen molar-refractivity contribution in [2.45, 2.75) is 19.3 Å². The molecule has 2 rings (SSSR count). The first-order valence-corrected chi connectivity index (χ1v) is 8.09. The molecule has 0 aromatic heterocycles. The molecule has 0 radical (unpaired) electrons. The van der Waals surface area contributed by atoms with Crippen LogP contribution in [0.25, 0.3) is 0 Å². The van der Waals surface area contributed by atoms with Gasteiger partial charge in [0.2, 0.25) is 0 Å². The van der Waals surface area contributed by atoms with E-state index >= 15 is 0 Å². The molecule has 2 N–H and O–H groups in total. The van der Waals surface area contributed by atoms with Gasteiger partial charge in [-0.05, 0) is 23.8 Å². The Kier molecular flexibility index (Phi) is 5.79. The van der Waals surface area contributed by atoms with Gasteiger partial charge in [0, 0.05) is 29.7 Å². The highest BCUT2D eigenvalue weighted by molar-refractivity contribution is 5.98. The van der Waals surface area contributed by atoms with Gasteiger partial charge in [-0.1, -0.05) is 26.0 Å². The zero-order chi connectivity index (χ0) is 20.2. The van der Waals surface area contributed by atoms with Gasteiger partial charge in [-0.2, -0.15) is 0 Å². The summed E-state index contributed by atoms with van der Waals surface area (Å²) in [6.07, 6.45) is 0. The smallest absolute Gasteiger partial charge is 0.335 e. The monoisotopic (exact) mass is 372 g/mol. The molecule has 0 saturated heterocycles. The summed E-state index contributed by atoms with van der Waals surface area (Å²) in [6, 6.07) is 10.5. The van der Waals surface area contributed by atoms with Gasteiger partial charge in [-0.15, -0.1) is 0 Å². The van der Waals surface area contributed by atoms with E-state index in [4.69, 9.17) is 9.84 Å². The Morgan fingerprint density at radius 1 is 1.19 bits per heavy atom. The predicted molar refractivity (Wildman–Crippen MR) is 98.4 cm³/mol. The van der Waals surface area contributed by atoms with Crippen molar-refractivity contribution in [3.05, 3.63) is 69.3 Å². The number of nitro groups is 1. The number of nitrogens with one attached hydrogen (secondary N) is 1. The van der Waals surface area contributed by atoms with E-state index in [1.165, 1.54) is 0 Å². The van der Waals surface area contributed by atoms with Crippen LogP contribution < -0.4 is 10.1 Å². The number of hydrogen-bond donors (Lipinski definition) is 2. The minimum Gasteiger partial charge on any atom is -0.497 e. The average molecular weight is 372 g/mol. The zero-order valence-corrected chi connectivity index (χ0v) is 15.2. The van der Waals surface area contributed by atoms with E-state index in [0.29, 0.717) is 5.75 Å². The first-order valence-electron chi connectivity index (χ1n) is 8.09. The van der Waals surface area contributed by atoms with Gasteiger partial charge < -0.3 is 15.2 Å². The van der Waals surface area contributed by atoms with Crippen molar-refractivity contribution in [3.63, 3.8) is 0 Å². The number of carbonyl (C=O) groups is 2. The van der Waals surface area contributed by atoms with Gasteiger partial charge >= 0.3 is 5.97 Å². The molecule has 2 aromatic carbocycles. The Labute approximate surface area is 155 Å². The first-order chi connectivity index (χ1) is 12.6. The lowest BCUT2D eigenvalue weighted by molar-refractivity contribution is -0.384. The minimum absolute atomic E-state index is 0.0805. The molecule has 0 saturated carbocycles. The second-order valence-electron chi connectivity index (χ2n) is 6.63. The second kappa shape index (κ2) is 7.86. The molecule has 142 valence electrons. The van der Waals surface area contributed by atoms with Crippen molar-refractivity contribution >= 4 is 17.6 Å². The molecular weight excluding hydrogens is 352 g/mol. The Morgan fingerprint density at radius 2 is 1.85 bits per heavy atom. The van der Waals surface area contributed by atoms with E-state index in [0.717, 1.165) is 23.8 Å². The van der Waals surface area contributed by atoms with E-state index in [9.17, 15) is 19.7 Å². The summed E-state index contributed by atoms with van der Waals surface area (Å²) in [7, 11) is 1.57. The molecule has 8 nitrogen and oxygen atoms in total. The lowest BCUT2D eigenvalue weighted by atomic mass is 9.84. The van der Waals surface area contributed by atoms with Gasteiger partial charge in [-0.3, -0.25) is 14.9 Å². The maximum Gasteiger partial charge on any atom is 0.335 e. The summed E-state index contributed by atoms with van der Waals surface area (Å²) in [5.74, 6) is -1.24. The topological polar surface area (TPSA) is 119 Å². The highest BCUT2D eigenvalue weighted by atomic mass is 16.6. The van der Waals surface area contributed by atoms with Crippen molar-refractivity contribution in [3.8, 4) is 5.75 Å². The largest absolute Gasteiger partial charge is 0.497 e. The number of methoxy groups -OCH3 is 1. The SMILES string of the molecule is COc1cccc(C(C)(C)CNC(=O)c2cc(C(=O)O)cc([N+](=O)[O-])c2)c1. The number of aromatic carboxylic acids is 1. The molecular formula is C19H20N2O6. The van der Waals surface area contributed by atoms with Crippen molar-refractivity contribution in [2.75, 3.05) is 13.7 Å². The van der Waals surface area contributed by atoms with Crippen LogP contribution in [0.15, 0.2) is 42.5 Å². The van der Waals surface area contributed by atoms with Gasteiger partial charge in [0.15, 0.2) is 0 Å². The Morgan fingerprint density at radius 3 is 2.44 bits per heavy atom. The van der Waals surface area contributed by atoms with Crippen LogP contribution in [-0.4, -0.2) is 35.6 Å². The quantitative estimate of drug-likeness (QED) is 0.570. The number of nitro benzene ring substituents is 1. The number of carboxylic acids is 1. The fourth-order valence-electron chi connectivity index (χ4n) is 2.52. The van der Waals surface area contributed by atoms with Crippen LogP contribution >= 0.6 is 0 Å². The van der Waals surface area contributed by atoms with E-state index in [1.807, 2.05) is 38.1 Å². The number of hydrogen-bond acceptors (Lipinski definition) is 5. The summed E-state index contributed by atoms with van der Waals surface area (Å²) in [5, 5.41) is 22.8. The molecule has 0 atom stereocenters. The second-order valence-corrected chi connectivity index (χ2v) is 6.63. The third-order valence-electron chi connectivity index (χ3n) is 4.18. The Bertz CT molecular complexity index is 859. The van der Waals surface area contributed by atoms with Crippen LogP contribution in [0.3, 0.4) is 0 Å². The fourth-order valence-corrected chi connectivity index (χ4v) is 2.52. The number of carbonyl (C=O) groups excluding carboxylic acids is 1. The molecule has 0 unspecified atom stereocenters. The molecule has 0 heterocycles. The van der Waals surface area contributed by atoms with Gasteiger partial charge in [0.05, 0.1) is 17.6 Å². The lowest BCUT2D eigenvalue weighted by Gasteiger charge is -2.26. The summed E-state index contributed by atoms with van der Waals surface area (Å²) < 4.78 is 5.21. The maximum absolute atomic E-state index is 12.4. The summed E-state index contributed by atoms with van der Waals surface area (Å²) in [6.45, 7) is 4.10. The van der Waals surface area contributed by atoms with Crippen LogP contribution in [-0.2, 0) is 5.41 Å². The number of ether oxygens (including phenoxy) is 1. The fraction of sp³-hybridized carbons (Fsp3) is 0.263. The van der Waals surface area contributed by atoms with Crippen molar-refractivity contribution in [1.82, 2.24) is 5.32 Å². The van der Waals surface area contributed by atoms with Crippen LogP contribution in [0.1, 0.15) is 40.1 Å². The van der Waals surface area contributed by atoms with Crippen molar-refractivity contribution in [2.24, 2.45) is 0 Å². The third-order valence-corrected chi connectivity index (χ3v) is 4.18. The standard InChI is InChI=1S/C19H20N2O6/c1-19(2,14-5-4-6-16(10-14)27-3)11-20-17(22)12-7-13(18(23)24)9-15(8-12)21(25)26/h4-10H,11H2,1-3H3,(H,20,22)(H,23,24). The predicted octanol–water partition coefficient (Wildman–Crippen LogP) is 3.01. The van der Waals surface area contributed by atoms with Gasteiger partial charge in [-0.25, -0.2) is 4.79 Å². The number of amides is 1. The third kappa shape index (κ3) is 4.81. The van der Waals surface area contributed by atoms with Crippen molar-refractivity contribution in [1.29, 1.82) is 0 Å². The Balaban J connectivity index is 2.21. The number of rotatable bonds is 7. The Hall–Kier alpha value is -3.42. The van der Waals surface area contributed by atoms with Crippen LogP contribution in [0.5, 0.6) is 5.75 Å². The van der Waals surface area contributed by atoms with E-state index in [-0.39, 0.29) is 17.7 Å². The lowest BCUT2D eigenvalue weighted by Crippen LogP contribution is -2.36. The van der Waals surface area contributed by atoms with Crippen LogP contribution in [0, 0.1) is 10.1 Å². The molecule has 8 heteroatoms. The molecule has 0 bridgehead atoms. The molecule has 1 amide bonds. The molecule has 27 heavy (non-hydrogen) atoms. The molecule has 0 aliphatic carbocycles. The van der Waals surface area contributed by atoms with Gasteiger partial charge in [0.1, 0.15) is 5.75 Å². The number of benzene rings is 2. The van der Waals surface area contributed by atoms with Crippen LogP contribution in [0.2, 0.25) is 0 Å². The van der Waals surface area contributed by atoms with Gasteiger partial charge in [0.25, 0.3) is 11.6 Å². The normalized spacial score (nSPS) is 10.9. The summed E-state index contributed by atoms with van der Waals surface area (Å²) in [4.78, 5) is 33.8. The average Bonchev–Trinajstić information content (AvgIpc) is 2.65. The van der Waals surface area contributed by atoms with E-state index in [2.05, 4.69) is 5.32 Å². The molecule has 0 aliphatic rings. The van der Waals surface area contributed by atoms with E-state index < -0.39 is 27.9 Å².